The van der Waals surface area contributed by atoms with Gasteiger partial charge in [-0.05, 0) is 94.2 Å². The molecule has 0 spiro atoms. The van der Waals surface area contributed by atoms with Crippen LogP contribution in [0.3, 0.4) is 0 Å². The molecule has 3 unspecified atom stereocenters. The fraction of sp³-hybridized carbons (Fsp3) is 0.837. The van der Waals surface area contributed by atoms with Gasteiger partial charge < -0.3 is 29.7 Å². The third-order valence-corrected chi connectivity index (χ3v) is 12.7. The molecule has 1 aromatic rings. The highest BCUT2D eigenvalue weighted by molar-refractivity contribution is 5.77. The van der Waals surface area contributed by atoms with Crippen LogP contribution in [-0.2, 0) is 20.7 Å². The van der Waals surface area contributed by atoms with E-state index in [2.05, 4.69) is 53.8 Å². The third kappa shape index (κ3) is 19.1. The summed E-state index contributed by atoms with van der Waals surface area (Å²) >= 11 is 0. The van der Waals surface area contributed by atoms with E-state index in [9.17, 15) is 19.8 Å². The minimum Gasteiger partial charge on any atom is -0.487 e. The number of esters is 1. The fourth-order valence-electron chi connectivity index (χ4n) is 8.43. The minimum absolute atomic E-state index is 0.207. The Kier molecular flexibility index (Phi) is 24.5. The first-order chi connectivity index (χ1) is 27.2. The Morgan fingerprint density at radius 1 is 0.754 bits per heavy atom. The molecule has 1 aliphatic rings. The Bertz CT molecular complexity index is 1290. The molecule has 330 valence electrons. The summed E-state index contributed by atoms with van der Waals surface area (Å²) in [6, 6.07) is 0. The topological polar surface area (TPSA) is 114 Å². The lowest BCUT2D eigenvalue weighted by Gasteiger charge is -2.38. The van der Waals surface area contributed by atoms with Crippen molar-refractivity contribution in [2.75, 3.05) is 26.4 Å². The number of benzene rings is 1. The van der Waals surface area contributed by atoms with Crippen molar-refractivity contribution in [2.45, 2.75) is 221 Å². The highest BCUT2D eigenvalue weighted by atomic mass is 16.6. The molecular weight excluding hydrogens is 715 g/mol. The number of hydrogen-bond donors (Lipinski definition) is 3. The third-order valence-electron chi connectivity index (χ3n) is 12.7. The van der Waals surface area contributed by atoms with Gasteiger partial charge in [0.2, 0.25) is 5.91 Å². The van der Waals surface area contributed by atoms with Crippen LogP contribution in [0.5, 0.6) is 11.5 Å². The molecule has 0 aliphatic carbocycles. The van der Waals surface area contributed by atoms with Crippen LogP contribution >= 0.6 is 0 Å². The molecule has 3 N–H and O–H groups in total. The van der Waals surface area contributed by atoms with E-state index in [1.165, 1.54) is 96.3 Å². The minimum atomic E-state index is -1.45. The second-order valence-corrected chi connectivity index (χ2v) is 18.8. The summed E-state index contributed by atoms with van der Waals surface area (Å²) < 4.78 is 18.4. The van der Waals surface area contributed by atoms with Crippen molar-refractivity contribution in [2.24, 2.45) is 17.8 Å². The van der Waals surface area contributed by atoms with Crippen molar-refractivity contribution in [1.82, 2.24) is 5.32 Å². The fourth-order valence-corrected chi connectivity index (χ4v) is 8.43. The summed E-state index contributed by atoms with van der Waals surface area (Å²) in [6.45, 7) is 18.3. The molecule has 2 rings (SSSR count). The summed E-state index contributed by atoms with van der Waals surface area (Å²) in [6.07, 6.45) is 26.7. The predicted octanol–water partition coefficient (Wildman–Crippen LogP) is 11.6. The molecule has 0 bridgehead atoms. The van der Waals surface area contributed by atoms with Crippen molar-refractivity contribution in [3.8, 4) is 11.5 Å². The maximum absolute atomic E-state index is 12.9. The highest BCUT2D eigenvalue weighted by Gasteiger charge is 2.35. The average molecular weight is 802 g/mol. The molecule has 3 atom stereocenters. The van der Waals surface area contributed by atoms with E-state index in [4.69, 9.17) is 14.2 Å². The van der Waals surface area contributed by atoms with Gasteiger partial charge in [0.05, 0.1) is 13.2 Å². The SMILES string of the molecule is CCCCCCCCCCCCCC(=O)NC(CO)(CO)COC(=O)COc1c(C)c(C)c2c(c1C)CCC(C)(CCCC(C)CCCC(C)CCCC(C)C)O2. The van der Waals surface area contributed by atoms with E-state index in [1.54, 1.807) is 0 Å². The molecule has 0 aromatic heterocycles. The van der Waals surface area contributed by atoms with Crippen LogP contribution in [0.2, 0.25) is 0 Å². The van der Waals surface area contributed by atoms with Crippen molar-refractivity contribution >= 4 is 11.9 Å². The number of fused-ring (bicyclic) bond motifs is 1. The average Bonchev–Trinajstić information content (AvgIpc) is 3.17. The van der Waals surface area contributed by atoms with E-state index in [0.29, 0.717) is 12.2 Å². The number of ether oxygens (including phenoxy) is 3. The van der Waals surface area contributed by atoms with Crippen molar-refractivity contribution in [3.63, 3.8) is 0 Å². The number of carbonyl (C=O) groups is 2. The molecule has 0 radical (unpaired) electrons. The van der Waals surface area contributed by atoms with Gasteiger partial charge in [0.15, 0.2) is 6.61 Å². The first-order valence-electron chi connectivity index (χ1n) is 23.3. The summed E-state index contributed by atoms with van der Waals surface area (Å²) in [5.74, 6) is 3.08. The van der Waals surface area contributed by atoms with Crippen LogP contribution < -0.4 is 14.8 Å². The van der Waals surface area contributed by atoms with Crippen LogP contribution in [0.1, 0.15) is 205 Å². The smallest absolute Gasteiger partial charge is 0.344 e. The zero-order valence-corrected chi connectivity index (χ0v) is 38.3. The van der Waals surface area contributed by atoms with Gasteiger partial charge in [-0.1, -0.05) is 144 Å². The molecule has 57 heavy (non-hydrogen) atoms. The molecule has 1 aromatic carbocycles. The maximum atomic E-state index is 12.9. The van der Waals surface area contributed by atoms with Gasteiger partial charge in [0.1, 0.15) is 29.2 Å². The second kappa shape index (κ2) is 27.4. The van der Waals surface area contributed by atoms with E-state index in [1.807, 2.05) is 13.8 Å². The summed E-state index contributed by atoms with van der Waals surface area (Å²) in [5.41, 5.74) is 2.42. The number of nitrogens with one attached hydrogen (secondary N) is 1. The van der Waals surface area contributed by atoms with Gasteiger partial charge in [-0.25, -0.2) is 4.79 Å². The standard InChI is InChI=1S/C49H87NO7/c1-10-11-12-13-14-15-16-17-18-19-20-29-44(53)50-49(34-51,35-52)36-56-45(54)33-55-46-40(6)41(7)47-43(42(46)8)30-32-48(9,57-47)31-23-28-39(5)27-22-26-38(4)25-21-24-37(2)3/h37-39,51-52H,10-36H2,1-9H3,(H,50,53). The van der Waals surface area contributed by atoms with E-state index in [-0.39, 0.29) is 24.7 Å². The number of unbranched alkanes of at least 4 members (excludes halogenated alkanes) is 10. The Morgan fingerprint density at radius 3 is 1.86 bits per heavy atom. The lowest BCUT2D eigenvalue weighted by Crippen LogP contribution is -2.57. The summed E-state index contributed by atoms with van der Waals surface area (Å²) in [5, 5.41) is 22.9. The molecule has 1 aliphatic heterocycles. The number of amides is 1. The molecule has 1 amide bonds. The van der Waals surface area contributed by atoms with E-state index in [0.717, 1.165) is 90.7 Å². The number of rotatable bonds is 32. The molecule has 0 saturated heterocycles. The van der Waals surface area contributed by atoms with Gasteiger partial charge in [0.25, 0.3) is 0 Å². The number of aliphatic hydroxyl groups excluding tert-OH is 2. The molecule has 0 saturated carbocycles. The Morgan fingerprint density at radius 2 is 1.30 bits per heavy atom. The van der Waals surface area contributed by atoms with E-state index < -0.39 is 24.7 Å². The summed E-state index contributed by atoms with van der Waals surface area (Å²) in [7, 11) is 0. The van der Waals surface area contributed by atoms with Crippen LogP contribution in [0.15, 0.2) is 0 Å². The molecule has 1 heterocycles. The lowest BCUT2D eigenvalue weighted by atomic mass is 9.83. The molecule has 8 nitrogen and oxygen atoms in total. The maximum Gasteiger partial charge on any atom is 0.344 e. The number of carbonyl (C=O) groups excluding carboxylic acids is 2. The monoisotopic (exact) mass is 802 g/mol. The highest BCUT2D eigenvalue weighted by Crippen LogP contribution is 2.45. The van der Waals surface area contributed by atoms with Crippen molar-refractivity contribution < 1.29 is 34.0 Å². The van der Waals surface area contributed by atoms with Gasteiger partial charge >= 0.3 is 5.97 Å². The van der Waals surface area contributed by atoms with Crippen LogP contribution in [-0.4, -0.2) is 59.7 Å². The predicted molar refractivity (Wildman–Crippen MR) is 235 cm³/mol. The van der Waals surface area contributed by atoms with E-state index >= 15 is 0 Å². The summed E-state index contributed by atoms with van der Waals surface area (Å²) in [4.78, 5) is 25.6. The number of aliphatic hydroxyl groups is 2. The van der Waals surface area contributed by atoms with Gasteiger partial charge in [0, 0.05) is 12.0 Å². The largest absolute Gasteiger partial charge is 0.487 e. The first-order valence-corrected chi connectivity index (χ1v) is 23.3. The lowest BCUT2D eigenvalue weighted by molar-refractivity contribution is -0.151. The van der Waals surface area contributed by atoms with Gasteiger partial charge in [-0.3, -0.25) is 4.79 Å². The van der Waals surface area contributed by atoms with Crippen LogP contribution in [0.4, 0.5) is 0 Å². The zero-order chi connectivity index (χ0) is 42.3. The van der Waals surface area contributed by atoms with Crippen LogP contribution in [0, 0.1) is 38.5 Å². The normalized spacial score (nSPS) is 16.6. The van der Waals surface area contributed by atoms with Gasteiger partial charge in [-0.15, -0.1) is 0 Å². The molecule has 8 heteroatoms. The first kappa shape index (κ1) is 50.8. The molecule has 0 fully saturated rings. The quantitative estimate of drug-likeness (QED) is 0.0491. The van der Waals surface area contributed by atoms with Crippen LogP contribution in [0.25, 0.3) is 0 Å². The second-order valence-electron chi connectivity index (χ2n) is 18.8. The Balaban J connectivity index is 1.80. The van der Waals surface area contributed by atoms with Crippen molar-refractivity contribution in [1.29, 1.82) is 0 Å². The Hall–Kier alpha value is -2.32. The van der Waals surface area contributed by atoms with Gasteiger partial charge in [-0.2, -0.15) is 0 Å². The number of hydrogen-bond acceptors (Lipinski definition) is 7. The zero-order valence-electron chi connectivity index (χ0n) is 38.3. The molecular formula is C49H87NO7. The Labute approximate surface area is 349 Å². The van der Waals surface area contributed by atoms with Crippen molar-refractivity contribution in [3.05, 3.63) is 22.3 Å².